The average Bonchev–Trinajstić information content (AvgIpc) is 2.49. The van der Waals surface area contributed by atoms with Crippen LogP contribution >= 0.6 is 0 Å². The van der Waals surface area contributed by atoms with Gasteiger partial charge in [0.2, 0.25) is 9.84 Å². The zero-order chi connectivity index (χ0) is 11.8. The Labute approximate surface area is 96.1 Å². The Morgan fingerprint density at radius 3 is 2.75 bits per heavy atom. The van der Waals surface area contributed by atoms with E-state index in [1.54, 1.807) is 19.1 Å². The average molecular weight is 237 g/mol. The molecule has 2 rings (SSSR count). The summed E-state index contributed by atoms with van der Waals surface area (Å²) in [6.45, 7) is 2.50. The highest BCUT2D eigenvalue weighted by molar-refractivity contribution is 7.95. The molecule has 1 N–H and O–H groups in total. The van der Waals surface area contributed by atoms with Crippen LogP contribution < -0.4 is 5.32 Å². The van der Waals surface area contributed by atoms with Gasteiger partial charge in [0.15, 0.2) is 0 Å². The molecular formula is C12H15NO2S. The lowest BCUT2D eigenvalue weighted by Gasteiger charge is -2.06. The maximum Gasteiger partial charge on any atom is 0.203 e. The number of nitrogens with one attached hydrogen (secondary N) is 1. The van der Waals surface area contributed by atoms with Crippen LogP contribution in [0.1, 0.15) is 18.1 Å². The lowest BCUT2D eigenvalue weighted by atomic mass is 10.0. The van der Waals surface area contributed by atoms with Crippen LogP contribution in [0.25, 0.3) is 6.08 Å². The molecule has 0 radical (unpaired) electrons. The SMILES string of the molecule is CNCCc1cccc2c1C=C(C)S2(=O)=O. The molecule has 1 heterocycles. The third kappa shape index (κ3) is 1.68. The number of allylic oxidation sites excluding steroid dienone is 1. The summed E-state index contributed by atoms with van der Waals surface area (Å²) in [5.74, 6) is 0. The van der Waals surface area contributed by atoms with Crippen molar-refractivity contribution in [3.05, 3.63) is 34.2 Å². The van der Waals surface area contributed by atoms with Gasteiger partial charge >= 0.3 is 0 Å². The van der Waals surface area contributed by atoms with E-state index in [-0.39, 0.29) is 0 Å². The Bertz CT molecular complexity index is 544. The number of fused-ring (bicyclic) bond motifs is 1. The van der Waals surface area contributed by atoms with Gasteiger partial charge in [-0.25, -0.2) is 8.42 Å². The Kier molecular flexibility index (Phi) is 2.86. The van der Waals surface area contributed by atoms with Gasteiger partial charge in [0.1, 0.15) is 0 Å². The molecule has 0 spiro atoms. The molecule has 0 amide bonds. The minimum absolute atomic E-state index is 0.444. The van der Waals surface area contributed by atoms with Gasteiger partial charge in [-0.2, -0.15) is 0 Å². The van der Waals surface area contributed by atoms with Crippen molar-refractivity contribution in [2.45, 2.75) is 18.2 Å². The minimum atomic E-state index is -3.19. The van der Waals surface area contributed by atoms with Crippen molar-refractivity contribution < 1.29 is 8.42 Å². The quantitative estimate of drug-likeness (QED) is 0.868. The number of rotatable bonds is 3. The molecule has 4 heteroatoms. The molecule has 0 fully saturated rings. The molecule has 0 aliphatic carbocycles. The predicted molar refractivity (Wildman–Crippen MR) is 64.9 cm³/mol. The standard InChI is InChI=1S/C12H15NO2S/c1-9-8-11-10(6-7-13-2)4-3-5-12(11)16(9,14)15/h3-5,8,13H,6-7H2,1-2H3. The third-order valence-corrected chi connectivity index (χ3v) is 4.76. The highest BCUT2D eigenvalue weighted by atomic mass is 32.2. The van der Waals surface area contributed by atoms with Crippen molar-refractivity contribution in [2.24, 2.45) is 0 Å². The molecule has 0 saturated carbocycles. The molecule has 1 aliphatic rings. The van der Waals surface area contributed by atoms with Gasteiger partial charge in [-0.15, -0.1) is 0 Å². The second-order valence-electron chi connectivity index (χ2n) is 3.94. The number of hydrogen-bond donors (Lipinski definition) is 1. The van der Waals surface area contributed by atoms with E-state index in [9.17, 15) is 8.42 Å². The molecule has 16 heavy (non-hydrogen) atoms. The van der Waals surface area contributed by atoms with Crippen LogP contribution in [0.4, 0.5) is 0 Å². The van der Waals surface area contributed by atoms with Crippen LogP contribution in [-0.2, 0) is 16.3 Å². The minimum Gasteiger partial charge on any atom is -0.319 e. The lowest BCUT2D eigenvalue weighted by Crippen LogP contribution is -2.11. The van der Waals surface area contributed by atoms with Crippen molar-refractivity contribution in [3.8, 4) is 0 Å². The van der Waals surface area contributed by atoms with Crippen molar-refractivity contribution in [2.75, 3.05) is 13.6 Å². The molecule has 0 atom stereocenters. The van der Waals surface area contributed by atoms with E-state index in [2.05, 4.69) is 5.32 Å². The molecule has 0 unspecified atom stereocenters. The first kappa shape index (κ1) is 11.4. The highest BCUT2D eigenvalue weighted by Crippen LogP contribution is 2.34. The van der Waals surface area contributed by atoms with Gasteiger partial charge in [-0.3, -0.25) is 0 Å². The summed E-state index contributed by atoms with van der Waals surface area (Å²) in [6, 6.07) is 5.48. The van der Waals surface area contributed by atoms with Gasteiger partial charge < -0.3 is 5.32 Å². The van der Waals surface area contributed by atoms with Gasteiger partial charge in [-0.1, -0.05) is 12.1 Å². The van der Waals surface area contributed by atoms with E-state index in [4.69, 9.17) is 0 Å². The summed E-state index contributed by atoms with van der Waals surface area (Å²) in [7, 11) is -1.30. The predicted octanol–water partition coefficient (Wildman–Crippen LogP) is 1.60. The van der Waals surface area contributed by atoms with Crippen LogP contribution in [0.15, 0.2) is 28.0 Å². The molecule has 1 aromatic carbocycles. The summed E-state index contributed by atoms with van der Waals surface area (Å²) in [5.41, 5.74) is 1.96. The first-order valence-electron chi connectivity index (χ1n) is 5.27. The number of sulfone groups is 1. The summed E-state index contributed by atoms with van der Waals surface area (Å²) in [4.78, 5) is 0.901. The van der Waals surface area contributed by atoms with E-state index in [1.807, 2.05) is 19.2 Å². The summed E-state index contributed by atoms with van der Waals surface area (Å²) >= 11 is 0. The molecule has 3 nitrogen and oxygen atoms in total. The largest absolute Gasteiger partial charge is 0.319 e. The first-order valence-corrected chi connectivity index (χ1v) is 6.75. The molecule has 1 aromatic rings. The molecule has 1 aliphatic heterocycles. The normalized spacial score (nSPS) is 17.0. The fraction of sp³-hybridized carbons (Fsp3) is 0.333. The fourth-order valence-electron chi connectivity index (χ4n) is 1.92. The Morgan fingerprint density at radius 1 is 1.31 bits per heavy atom. The van der Waals surface area contributed by atoms with Crippen LogP contribution in [0, 0.1) is 0 Å². The number of likely N-dealkylation sites (N-methyl/N-ethyl adjacent to an activating group) is 1. The maximum absolute atomic E-state index is 11.9. The third-order valence-electron chi connectivity index (χ3n) is 2.86. The van der Waals surface area contributed by atoms with Crippen molar-refractivity contribution in [1.82, 2.24) is 5.32 Å². The van der Waals surface area contributed by atoms with Gasteiger partial charge in [0, 0.05) is 4.91 Å². The summed E-state index contributed by atoms with van der Waals surface area (Å²) < 4.78 is 23.9. The zero-order valence-corrected chi connectivity index (χ0v) is 10.3. The maximum atomic E-state index is 11.9. The van der Waals surface area contributed by atoms with E-state index < -0.39 is 9.84 Å². The fourth-order valence-corrected chi connectivity index (χ4v) is 3.28. The van der Waals surface area contributed by atoms with Crippen LogP contribution in [0.5, 0.6) is 0 Å². The highest BCUT2D eigenvalue weighted by Gasteiger charge is 2.27. The summed E-state index contributed by atoms with van der Waals surface area (Å²) in [6.07, 6.45) is 2.62. The molecule has 0 saturated heterocycles. The topological polar surface area (TPSA) is 46.2 Å². The van der Waals surface area contributed by atoms with Crippen LogP contribution in [0.2, 0.25) is 0 Å². The molecular weight excluding hydrogens is 222 g/mol. The smallest absolute Gasteiger partial charge is 0.203 e. The van der Waals surface area contributed by atoms with Gasteiger partial charge in [0.25, 0.3) is 0 Å². The monoisotopic (exact) mass is 237 g/mol. The van der Waals surface area contributed by atoms with E-state index in [1.165, 1.54) is 0 Å². The molecule has 0 aromatic heterocycles. The number of benzene rings is 1. The van der Waals surface area contributed by atoms with Crippen molar-refractivity contribution in [1.29, 1.82) is 0 Å². The first-order chi connectivity index (χ1) is 7.57. The van der Waals surface area contributed by atoms with Crippen molar-refractivity contribution in [3.63, 3.8) is 0 Å². The summed E-state index contributed by atoms with van der Waals surface area (Å²) in [5, 5.41) is 3.07. The van der Waals surface area contributed by atoms with Gasteiger partial charge in [0.05, 0.1) is 4.90 Å². The van der Waals surface area contributed by atoms with Gasteiger partial charge in [-0.05, 0) is 50.2 Å². The molecule has 0 bridgehead atoms. The van der Waals surface area contributed by atoms with E-state index >= 15 is 0 Å². The van der Waals surface area contributed by atoms with E-state index in [0.717, 1.165) is 24.1 Å². The zero-order valence-electron chi connectivity index (χ0n) is 9.45. The van der Waals surface area contributed by atoms with Crippen LogP contribution in [0.3, 0.4) is 0 Å². The molecule has 86 valence electrons. The Balaban J connectivity index is 2.52. The second-order valence-corrected chi connectivity index (χ2v) is 6.03. The van der Waals surface area contributed by atoms with Crippen LogP contribution in [-0.4, -0.2) is 22.0 Å². The Hall–Kier alpha value is -1.13. The second kappa shape index (κ2) is 4.03. The number of hydrogen-bond acceptors (Lipinski definition) is 3. The Morgan fingerprint density at radius 2 is 2.06 bits per heavy atom. The van der Waals surface area contributed by atoms with E-state index in [0.29, 0.717) is 9.80 Å². The lowest BCUT2D eigenvalue weighted by molar-refractivity contribution is 0.603. The van der Waals surface area contributed by atoms with Crippen molar-refractivity contribution >= 4 is 15.9 Å².